The van der Waals surface area contributed by atoms with Crippen molar-refractivity contribution < 1.29 is 9.15 Å². The maximum absolute atomic E-state index is 5.75. The van der Waals surface area contributed by atoms with Crippen LogP contribution in [-0.4, -0.2) is 11.6 Å². The highest BCUT2D eigenvalue weighted by molar-refractivity contribution is 5.79. The molecule has 0 saturated carbocycles. The fraction of sp³-hybridized carbons (Fsp3) is 0.235. The molecule has 0 aliphatic rings. The second-order valence-corrected chi connectivity index (χ2v) is 4.97. The van der Waals surface area contributed by atoms with Crippen molar-refractivity contribution in [3.63, 3.8) is 0 Å². The lowest BCUT2D eigenvalue weighted by molar-refractivity contribution is 0.309. The Hall–Kier alpha value is -2.49. The number of nitrogens with zero attached hydrogens (tertiary/aromatic N) is 1. The number of hydrogen-bond donors (Lipinski definition) is 1. The predicted molar refractivity (Wildman–Crippen MR) is 84.3 cm³/mol. The minimum atomic E-state index is 0.593. The zero-order chi connectivity index (χ0) is 14.7. The van der Waals surface area contributed by atoms with E-state index in [1.807, 2.05) is 42.5 Å². The van der Waals surface area contributed by atoms with Gasteiger partial charge in [-0.25, -0.2) is 4.98 Å². The molecule has 2 aromatic carbocycles. The molecule has 0 atom stereocenters. The Balaban J connectivity index is 1.81. The summed E-state index contributed by atoms with van der Waals surface area (Å²) in [6.45, 7) is 2.89. The molecule has 2 N–H and O–H groups in total. The molecule has 0 aliphatic carbocycles. The topological polar surface area (TPSA) is 61.3 Å². The SMILES string of the molecule is CCCCOc1ccc(-c2nc3cc(N)ccc3o2)cc1. The van der Waals surface area contributed by atoms with Gasteiger partial charge in [0.25, 0.3) is 0 Å². The Morgan fingerprint density at radius 1 is 1.14 bits per heavy atom. The molecular formula is C17H18N2O2. The highest BCUT2D eigenvalue weighted by Gasteiger charge is 2.08. The van der Waals surface area contributed by atoms with Crippen LogP contribution < -0.4 is 10.5 Å². The van der Waals surface area contributed by atoms with Gasteiger partial charge < -0.3 is 14.9 Å². The molecule has 4 nitrogen and oxygen atoms in total. The normalized spacial score (nSPS) is 10.9. The number of rotatable bonds is 5. The number of anilines is 1. The summed E-state index contributed by atoms with van der Waals surface area (Å²) in [5, 5.41) is 0. The Bertz CT molecular complexity index is 732. The Morgan fingerprint density at radius 3 is 2.71 bits per heavy atom. The van der Waals surface area contributed by atoms with E-state index in [1.165, 1.54) is 0 Å². The molecule has 3 aromatic rings. The second kappa shape index (κ2) is 5.87. The van der Waals surface area contributed by atoms with Crippen LogP contribution in [0, 0.1) is 0 Å². The molecule has 0 spiro atoms. The predicted octanol–water partition coefficient (Wildman–Crippen LogP) is 4.26. The van der Waals surface area contributed by atoms with Gasteiger partial charge in [0.2, 0.25) is 5.89 Å². The van der Waals surface area contributed by atoms with Crippen LogP contribution in [0.1, 0.15) is 19.8 Å². The fourth-order valence-electron chi connectivity index (χ4n) is 2.10. The number of benzene rings is 2. The molecule has 108 valence electrons. The van der Waals surface area contributed by atoms with Gasteiger partial charge in [-0.1, -0.05) is 13.3 Å². The van der Waals surface area contributed by atoms with E-state index in [-0.39, 0.29) is 0 Å². The molecule has 0 bridgehead atoms. The average Bonchev–Trinajstić information content (AvgIpc) is 2.91. The molecule has 0 amide bonds. The minimum Gasteiger partial charge on any atom is -0.494 e. The summed E-state index contributed by atoms with van der Waals surface area (Å²) >= 11 is 0. The quantitative estimate of drug-likeness (QED) is 0.561. The van der Waals surface area contributed by atoms with Gasteiger partial charge in [0.05, 0.1) is 6.61 Å². The number of oxazole rings is 1. The summed E-state index contributed by atoms with van der Waals surface area (Å²) in [4.78, 5) is 4.46. The van der Waals surface area contributed by atoms with E-state index in [9.17, 15) is 0 Å². The zero-order valence-corrected chi connectivity index (χ0v) is 12.0. The molecule has 3 rings (SSSR count). The molecule has 21 heavy (non-hydrogen) atoms. The van der Waals surface area contributed by atoms with Crippen molar-refractivity contribution in [3.8, 4) is 17.2 Å². The van der Waals surface area contributed by atoms with E-state index in [2.05, 4.69) is 11.9 Å². The van der Waals surface area contributed by atoms with Crippen LogP contribution in [-0.2, 0) is 0 Å². The first kappa shape index (κ1) is 13.5. The third kappa shape index (κ3) is 2.99. The number of nitrogen functional groups attached to an aromatic ring is 1. The van der Waals surface area contributed by atoms with E-state index in [0.717, 1.165) is 41.9 Å². The highest BCUT2D eigenvalue weighted by atomic mass is 16.5. The van der Waals surface area contributed by atoms with E-state index in [0.29, 0.717) is 11.6 Å². The van der Waals surface area contributed by atoms with E-state index in [4.69, 9.17) is 14.9 Å². The van der Waals surface area contributed by atoms with Crippen molar-refractivity contribution in [2.75, 3.05) is 12.3 Å². The summed E-state index contributed by atoms with van der Waals surface area (Å²) < 4.78 is 11.4. The molecule has 0 radical (unpaired) electrons. The Kier molecular flexibility index (Phi) is 3.77. The van der Waals surface area contributed by atoms with Crippen LogP contribution in [0.25, 0.3) is 22.6 Å². The van der Waals surface area contributed by atoms with Gasteiger partial charge in [0, 0.05) is 11.3 Å². The first-order chi connectivity index (χ1) is 10.3. The van der Waals surface area contributed by atoms with Gasteiger partial charge in [-0.15, -0.1) is 0 Å². The smallest absolute Gasteiger partial charge is 0.227 e. The van der Waals surface area contributed by atoms with Gasteiger partial charge in [-0.2, -0.15) is 0 Å². The molecule has 0 aliphatic heterocycles. The van der Waals surface area contributed by atoms with Gasteiger partial charge >= 0.3 is 0 Å². The van der Waals surface area contributed by atoms with Gasteiger partial charge in [-0.3, -0.25) is 0 Å². The number of hydrogen-bond acceptors (Lipinski definition) is 4. The van der Waals surface area contributed by atoms with Crippen molar-refractivity contribution in [2.24, 2.45) is 0 Å². The largest absolute Gasteiger partial charge is 0.494 e. The number of nitrogens with two attached hydrogens (primary N) is 1. The minimum absolute atomic E-state index is 0.593. The lowest BCUT2D eigenvalue weighted by atomic mass is 10.2. The van der Waals surface area contributed by atoms with Gasteiger partial charge in [-0.05, 0) is 48.9 Å². The van der Waals surface area contributed by atoms with E-state index < -0.39 is 0 Å². The average molecular weight is 282 g/mol. The van der Waals surface area contributed by atoms with Gasteiger partial charge in [0.1, 0.15) is 11.3 Å². The maximum Gasteiger partial charge on any atom is 0.227 e. The standard InChI is InChI=1S/C17H18N2O2/c1-2-3-10-20-14-7-4-12(5-8-14)17-19-15-11-13(18)6-9-16(15)21-17/h4-9,11H,2-3,10,18H2,1H3. The van der Waals surface area contributed by atoms with Crippen LogP contribution in [0.4, 0.5) is 5.69 Å². The van der Waals surface area contributed by atoms with Crippen molar-refractivity contribution in [2.45, 2.75) is 19.8 Å². The van der Waals surface area contributed by atoms with E-state index >= 15 is 0 Å². The Labute approximate surface area is 123 Å². The lowest BCUT2D eigenvalue weighted by Crippen LogP contribution is -1.95. The molecule has 0 fully saturated rings. The zero-order valence-electron chi connectivity index (χ0n) is 12.0. The van der Waals surface area contributed by atoms with Crippen LogP contribution in [0.5, 0.6) is 5.75 Å². The lowest BCUT2D eigenvalue weighted by Gasteiger charge is -2.05. The van der Waals surface area contributed by atoms with E-state index in [1.54, 1.807) is 0 Å². The van der Waals surface area contributed by atoms with Crippen molar-refractivity contribution in [1.29, 1.82) is 0 Å². The molecule has 1 aromatic heterocycles. The summed E-state index contributed by atoms with van der Waals surface area (Å²) in [5.41, 5.74) is 8.87. The number of fused-ring (bicyclic) bond motifs is 1. The monoisotopic (exact) mass is 282 g/mol. The molecule has 1 heterocycles. The first-order valence-corrected chi connectivity index (χ1v) is 7.15. The van der Waals surface area contributed by atoms with Crippen molar-refractivity contribution in [3.05, 3.63) is 42.5 Å². The van der Waals surface area contributed by atoms with Crippen molar-refractivity contribution in [1.82, 2.24) is 4.98 Å². The summed E-state index contributed by atoms with van der Waals surface area (Å²) in [5.74, 6) is 1.46. The Morgan fingerprint density at radius 2 is 1.95 bits per heavy atom. The van der Waals surface area contributed by atoms with Crippen LogP contribution in [0.3, 0.4) is 0 Å². The van der Waals surface area contributed by atoms with Crippen LogP contribution in [0.15, 0.2) is 46.9 Å². The number of aromatic nitrogens is 1. The molecule has 0 saturated heterocycles. The number of ether oxygens (including phenoxy) is 1. The van der Waals surface area contributed by atoms with Gasteiger partial charge in [0.15, 0.2) is 5.58 Å². The van der Waals surface area contributed by atoms with Crippen LogP contribution >= 0.6 is 0 Å². The fourth-order valence-corrected chi connectivity index (χ4v) is 2.10. The molecule has 4 heteroatoms. The first-order valence-electron chi connectivity index (χ1n) is 7.15. The summed E-state index contributed by atoms with van der Waals surface area (Å²) in [6, 6.07) is 13.2. The third-order valence-electron chi connectivity index (χ3n) is 3.28. The van der Waals surface area contributed by atoms with Crippen molar-refractivity contribution >= 4 is 16.8 Å². The molecule has 0 unspecified atom stereocenters. The highest BCUT2D eigenvalue weighted by Crippen LogP contribution is 2.26. The maximum atomic E-state index is 5.75. The molecular weight excluding hydrogens is 264 g/mol. The van der Waals surface area contributed by atoms with Crippen LogP contribution in [0.2, 0.25) is 0 Å². The third-order valence-corrected chi connectivity index (χ3v) is 3.28. The number of unbranched alkanes of at least 4 members (excludes halogenated alkanes) is 1. The summed E-state index contributed by atoms with van der Waals surface area (Å²) in [7, 11) is 0. The second-order valence-electron chi connectivity index (χ2n) is 4.97. The summed E-state index contributed by atoms with van der Waals surface area (Å²) in [6.07, 6.45) is 2.19.